The number of hydrogen-bond acceptors (Lipinski definition) is 5. The standard InChI is InChI=1S/C29H37ClN4O5/c1-20-28(37)31-15-7-17-34(27(36)19-22-8-4-5-9-24(22)30)16-6-10-26(35)32-25(29(38)33(20)2)18-21-11-13-23(39-3)14-12-21/h4-5,8-9,11-14,20,25H,6-7,10,15-19H2,1-3H3,(H,31,37)(H,32,35)/t20-,25-/m0/s1. The first-order valence-corrected chi connectivity index (χ1v) is 13.5. The van der Waals surface area contributed by atoms with Crippen molar-refractivity contribution in [2.45, 2.75) is 51.1 Å². The van der Waals surface area contributed by atoms with Gasteiger partial charge in [-0.3, -0.25) is 19.2 Å². The van der Waals surface area contributed by atoms with Gasteiger partial charge in [-0.05, 0) is 49.1 Å². The summed E-state index contributed by atoms with van der Waals surface area (Å²) in [6, 6.07) is 12.9. The van der Waals surface area contributed by atoms with Crippen molar-refractivity contribution < 1.29 is 23.9 Å². The molecule has 9 nitrogen and oxygen atoms in total. The second-order valence-electron chi connectivity index (χ2n) is 9.69. The van der Waals surface area contributed by atoms with Crippen molar-refractivity contribution >= 4 is 35.2 Å². The number of likely N-dealkylation sites (N-methyl/N-ethyl adjacent to an activating group) is 1. The van der Waals surface area contributed by atoms with Gasteiger partial charge in [-0.1, -0.05) is 41.9 Å². The molecule has 2 aromatic carbocycles. The van der Waals surface area contributed by atoms with E-state index >= 15 is 0 Å². The quantitative estimate of drug-likeness (QED) is 0.588. The Morgan fingerprint density at radius 2 is 1.74 bits per heavy atom. The molecule has 0 aliphatic carbocycles. The van der Waals surface area contributed by atoms with E-state index in [9.17, 15) is 19.2 Å². The molecule has 1 heterocycles. The molecule has 3 rings (SSSR count). The van der Waals surface area contributed by atoms with E-state index in [4.69, 9.17) is 16.3 Å². The van der Waals surface area contributed by atoms with Crippen LogP contribution in [0.1, 0.15) is 37.3 Å². The van der Waals surface area contributed by atoms with Crippen molar-refractivity contribution in [2.75, 3.05) is 33.8 Å². The molecule has 0 aromatic heterocycles. The number of nitrogens with one attached hydrogen (secondary N) is 2. The second-order valence-corrected chi connectivity index (χ2v) is 10.1. The van der Waals surface area contributed by atoms with Crippen LogP contribution in [0.4, 0.5) is 0 Å². The van der Waals surface area contributed by atoms with E-state index in [1.165, 1.54) is 4.90 Å². The van der Waals surface area contributed by atoms with Crippen LogP contribution in [0.2, 0.25) is 5.02 Å². The van der Waals surface area contributed by atoms with Crippen molar-refractivity contribution in [2.24, 2.45) is 0 Å². The van der Waals surface area contributed by atoms with E-state index in [1.807, 2.05) is 30.3 Å². The molecule has 1 aliphatic rings. The smallest absolute Gasteiger partial charge is 0.245 e. The number of carbonyl (C=O) groups excluding carboxylic acids is 4. The molecule has 210 valence electrons. The first kappa shape index (κ1) is 30.0. The van der Waals surface area contributed by atoms with Gasteiger partial charge in [0.15, 0.2) is 0 Å². The largest absolute Gasteiger partial charge is 0.497 e. The van der Waals surface area contributed by atoms with Crippen LogP contribution < -0.4 is 15.4 Å². The molecule has 10 heteroatoms. The summed E-state index contributed by atoms with van der Waals surface area (Å²) in [4.78, 5) is 55.3. The number of hydrogen-bond donors (Lipinski definition) is 2. The van der Waals surface area contributed by atoms with Crippen molar-refractivity contribution in [3.05, 3.63) is 64.7 Å². The topological polar surface area (TPSA) is 108 Å². The van der Waals surface area contributed by atoms with Crippen molar-refractivity contribution in [3.8, 4) is 5.75 Å². The summed E-state index contributed by atoms with van der Waals surface area (Å²) in [6.07, 6.45) is 1.53. The van der Waals surface area contributed by atoms with Crippen LogP contribution in [0.25, 0.3) is 0 Å². The molecule has 1 aliphatic heterocycles. The number of carbonyl (C=O) groups is 4. The summed E-state index contributed by atoms with van der Waals surface area (Å²) in [6.45, 7) is 2.80. The molecule has 2 aromatic rings. The van der Waals surface area contributed by atoms with Gasteiger partial charge in [0.05, 0.1) is 13.5 Å². The van der Waals surface area contributed by atoms with Crippen LogP contribution in [0, 0.1) is 0 Å². The van der Waals surface area contributed by atoms with Gasteiger partial charge in [0.1, 0.15) is 17.8 Å². The first-order chi connectivity index (χ1) is 18.7. The van der Waals surface area contributed by atoms with E-state index in [2.05, 4.69) is 10.6 Å². The number of nitrogens with zero attached hydrogens (tertiary/aromatic N) is 2. The lowest BCUT2D eigenvalue weighted by Gasteiger charge is -2.29. The lowest BCUT2D eigenvalue weighted by molar-refractivity contribution is -0.141. The molecule has 1 fully saturated rings. The van der Waals surface area contributed by atoms with Crippen molar-refractivity contribution in [1.29, 1.82) is 0 Å². The first-order valence-electron chi connectivity index (χ1n) is 13.2. The van der Waals surface area contributed by atoms with Crippen LogP contribution >= 0.6 is 11.6 Å². The minimum absolute atomic E-state index is 0.0974. The van der Waals surface area contributed by atoms with Crippen LogP contribution in [-0.2, 0) is 32.0 Å². The number of rotatable bonds is 5. The molecule has 4 amide bonds. The molecule has 0 bridgehead atoms. The fraction of sp³-hybridized carbons (Fsp3) is 0.448. The highest BCUT2D eigenvalue weighted by molar-refractivity contribution is 6.31. The van der Waals surface area contributed by atoms with E-state index in [-0.39, 0.29) is 42.9 Å². The summed E-state index contributed by atoms with van der Waals surface area (Å²) in [5.74, 6) is -0.356. The lowest BCUT2D eigenvalue weighted by atomic mass is 10.0. The number of amides is 4. The fourth-order valence-electron chi connectivity index (χ4n) is 4.41. The third-order valence-corrected chi connectivity index (χ3v) is 7.30. The summed E-state index contributed by atoms with van der Waals surface area (Å²) < 4.78 is 5.21. The van der Waals surface area contributed by atoms with Crippen LogP contribution in [0.15, 0.2) is 48.5 Å². The lowest BCUT2D eigenvalue weighted by Crippen LogP contribution is -2.54. The minimum Gasteiger partial charge on any atom is -0.497 e. The van der Waals surface area contributed by atoms with Crippen LogP contribution in [-0.4, -0.2) is 79.3 Å². The SMILES string of the molecule is COc1ccc(C[C@@H]2NC(=O)CCCN(C(=O)Cc3ccccc3Cl)CCCNC(=O)[C@H](C)N(C)C2=O)cc1. The molecule has 0 saturated carbocycles. The Morgan fingerprint density at radius 1 is 1.05 bits per heavy atom. The normalized spacial score (nSPS) is 19.9. The summed E-state index contributed by atoms with van der Waals surface area (Å²) in [5.41, 5.74) is 1.58. The van der Waals surface area contributed by atoms with E-state index in [1.54, 1.807) is 44.2 Å². The maximum Gasteiger partial charge on any atom is 0.245 e. The third kappa shape index (κ3) is 8.71. The molecule has 0 unspecified atom stereocenters. The maximum absolute atomic E-state index is 13.4. The van der Waals surface area contributed by atoms with Gasteiger partial charge in [-0.2, -0.15) is 0 Å². The third-order valence-electron chi connectivity index (χ3n) is 6.93. The monoisotopic (exact) mass is 556 g/mol. The molecule has 0 spiro atoms. The molecule has 0 radical (unpaired) electrons. The predicted octanol–water partition coefficient (Wildman–Crippen LogP) is 2.59. The number of methoxy groups -OCH3 is 1. The van der Waals surface area contributed by atoms with E-state index in [0.717, 1.165) is 11.1 Å². The molecule has 2 atom stereocenters. The highest BCUT2D eigenvalue weighted by Crippen LogP contribution is 2.17. The molecule has 39 heavy (non-hydrogen) atoms. The fourth-order valence-corrected chi connectivity index (χ4v) is 4.62. The second kappa shape index (κ2) is 14.5. The van der Waals surface area contributed by atoms with Crippen molar-refractivity contribution in [1.82, 2.24) is 20.4 Å². The zero-order valence-electron chi connectivity index (χ0n) is 22.7. The molecular formula is C29H37ClN4O5. The van der Waals surface area contributed by atoms with Gasteiger partial charge in [0.2, 0.25) is 23.6 Å². The molecule has 1 saturated heterocycles. The van der Waals surface area contributed by atoms with Gasteiger partial charge in [0, 0.05) is 44.5 Å². The van der Waals surface area contributed by atoms with Gasteiger partial charge in [-0.25, -0.2) is 0 Å². The summed E-state index contributed by atoms with van der Waals surface area (Å²) in [5, 5.41) is 6.25. The Hall–Kier alpha value is -3.59. The highest BCUT2D eigenvalue weighted by atomic mass is 35.5. The maximum atomic E-state index is 13.4. The van der Waals surface area contributed by atoms with E-state index < -0.39 is 12.1 Å². The molecular weight excluding hydrogens is 520 g/mol. The Kier molecular flexibility index (Phi) is 11.2. The predicted molar refractivity (Wildman–Crippen MR) is 149 cm³/mol. The Balaban J connectivity index is 1.75. The zero-order valence-corrected chi connectivity index (χ0v) is 23.5. The highest BCUT2D eigenvalue weighted by Gasteiger charge is 2.30. The Morgan fingerprint density at radius 3 is 2.44 bits per heavy atom. The minimum atomic E-state index is -0.853. The van der Waals surface area contributed by atoms with Gasteiger partial charge in [-0.15, -0.1) is 0 Å². The molecule has 2 N–H and O–H groups in total. The summed E-state index contributed by atoms with van der Waals surface area (Å²) in [7, 11) is 3.14. The number of ether oxygens (including phenoxy) is 1. The number of benzene rings is 2. The van der Waals surface area contributed by atoms with Gasteiger partial charge >= 0.3 is 0 Å². The van der Waals surface area contributed by atoms with Crippen LogP contribution in [0.5, 0.6) is 5.75 Å². The average Bonchev–Trinajstić information content (AvgIpc) is 2.93. The van der Waals surface area contributed by atoms with Gasteiger partial charge < -0.3 is 25.2 Å². The Bertz CT molecular complexity index is 1160. The average molecular weight is 557 g/mol. The summed E-state index contributed by atoms with van der Waals surface area (Å²) >= 11 is 6.25. The Labute approximate surface area is 234 Å². The van der Waals surface area contributed by atoms with Gasteiger partial charge in [0.25, 0.3) is 0 Å². The zero-order chi connectivity index (χ0) is 28.4. The van der Waals surface area contributed by atoms with Crippen LogP contribution in [0.3, 0.4) is 0 Å². The van der Waals surface area contributed by atoms with Crippen molar-refractivity contribution in [3.63, 3.8) is 0 Å². The number of halogens is 1. The van der Waals surface area contributed by atoms with E-state index in [0.29, 0.717) is 43.2 Å².